The van der Waals surface area contributed by atoms with E-state index in [1.54, 1.807) is 6.20 Å². The fourth-order valence-electron chi connectivity index (χ4n) is 2.32. The molecule has 3 aromatic rings. The molecule has 0 bridgehead atoms. The first-order chi connectivity index (χ1) is 11.1. The molecule has 3 nitrogen and oxygen atoms in total. The maximum atomic E-state index is 12.3. The first-order valence-corrected chi connectivity index (χ1v) is 8.45. The Labute approximate surface area is 140 Å². The fraction of sp³-hybridized carbons (Fsp3) is 0.158. The van der Waals surface area contributed by atoms with E-state index in [2.05, 4.69) is 24.0 Å². The molecule has 2 aromatic carbocycles. The molecule has 1 aromatic heterocycles. The van der Waals surface area contributed by atoms with Crippen LogP contribution < -0.4 is 0 Å². The summed E-state index contributed by atoms with van der Waals surface area (Å²) in [5, 5.41) is 0.830. The third-order valence-electron chi connectivity index (χ3n) is 3.59. The predicted octanol–water partition coefficient (Wildman–Crippen LogP) is 4.46. The Morgan fingerprint density at radius 1 is 1.09 bits per heavy atom. The Morgan fingerprint density at radius 3 is 2.61 bits per heavy atom. The Kier molecular flexibility index (Phi) is 4.63. The Bertz CT molecular complexity index is 821. The molecule has 23 heavy (non-hydrogen) atoms. The van der Waals surface area contributed by atoms with Gasteiger partial charge in [-0.15, -0.1) is 0 Å². The van der Waals surface area contributed by atoms with E-state index in [1.165, 1.54) is 17.3 Å². The van der Waals surface area contributed by atoms with E-state index in [4.69, 9.17) is 0 Å². The second kappa shape index (κ2) is 6.84. The van der Waals surface area contributed by atoms with Gasteiger partial charge in [0.05, 0.1) is 5.75 Å². The van der Waals surface area contributed by atoms with Gasteiger partial charge in [0.25, 0.3) is 0 Å². The zero-order chi connectivity index (χ0) is 16.2. The van der Waals surface area contributed by atoms with E-state index < -0.39 is 0 Å². The van der Waals surface area contributed by atoms with Crippen molar-refractivity contribution < 1.29 is 4.79 Å². The molecule has 0 N–H and O–H groups in total. The first-order valence-electron chi connectivity index (χ1n) is 7.46. The highest BCUT2D eigenvalue weighted by atomic mass is 32.2. The molecule has 0 fully saturated rings. The lowest BCUT2D eigenvalue weighted by molar-refractivity contribution is 0.102. The van der Waals surface area contributed by atoms with Crippen LogP contribution in [0, 0.1) is 13.8 Å². The molecule has 0 radical (unpaired) electrons. The number of Topliss-reactive ketones (excluding diaryl/α,β-unsaturated/α-hetero) is 1. The van der Waals surface area contributed by atoms with Crippen LogP contribution in [0.2, 0.25) is 0 Å². The zero-order valence-electron chi connectivity index (χ0n) is 13.2. The Balaban J connectivity index is 1.73. The number of nitrogens with zero attached hydrogens (tertiary/aromatic N) is 2. The van der Waals surface area contributed by atoms with Crippen LogP contribution in [0.15, 0.2) is 66.1 Å². The van der Waals surface area contributed by atoms with E-state index in [-0.39, 0.29) is 5.78 Å². The van der Waals surface area contributed by atoms with Crippen LogP contribution in [0.4, 0.5) is 0 Å². The van der Waals surface area contributed by atoms with Crippen molar-refractivity contribution in [3.63, 3.8) is 0 Å². The summed E-state index contributed by atoms with van der Waals surface area (Å²) >= 11 is 1.46. The van der Waals surface area contributed by atoms with E-state index in [0.717, 1.165) is 22.0 Å². The minimum atomic E-state index is 0.119. The molecule has 4 heteroatoms. The summed E-state index contributed by atoms with van der Waals surface area (Å²) in [6, 6.07) is 15.9. The SMILES string of the molecule is Cc1ccc(C(=O)CSc2nccn2-c2cccc(C)c2)cc1. The van der Waals surface area contributed by atoms with Gasteiger partial charge in [-0.25, -0.2) is 4.98 Å². The third-order valence-corrected chi connectivity index (χ3v) is 4.56. The largest absolute Gasteiger partial charge is 0.295 e. The standard InChI is InChI=1S/C19H18N2OS/c1-14-6-8-16(9-7-14)18(22)13-23-19-20-10-11-21(19)17-5-3-4-15(2)12-17/h3-12H,13H2,1-2H3. The van der Waals surface area contributed by atoms with E-state index in [9.17, 15) is 4.79 Å². The quantitative estimate of drug-likeness (QED) is 0.514. The highest BCUT2D eigenvalue weighted by molar-refractivity contribution is 7.99. The second-order valence-corrected chi connectivity index (χ2v) is 6.44. The molecular formula is C19H18N2OS. The molecule has 0 aliphatic carbocycles. The van der Waals surface area contributed by atoms with Crippen molar-refractivity contribution in [3.05, 3.63) is 77.6 Å². The van der Waals surface area contributed by atoms with Crippen LogP contribution in [-0.4, -0.2) is 21.1 Å². The number of aromatic nitrogens is 2. The van der Waals surface area contributed by atoms with Crippen LogP contribution >= 0.6 is 11.8 Å². The van der Waals surface area contributed by atoms with Gasteiger partial charge in [-0.1, -0.05) is 53.7 Å². The van der Waals surface area contributed by atoms with Crippen LogP contribution in [0.5, 0.6) is 0 Å². The number of ketones is 1. The molecule has 116 valence electrons. The lowest BCUT2D eigenvalue weighted by Gasteiger charge is -2.08. The lowest BCUT2D eigenvalue weighted by Crippen LogP contribution is -2.04. The van der Waals surface area contributed by atoms with Gasteiger partial charge in [0.2, 0.25) is 0 Å². The van der Waals surface area contributed by atoms with Crippen molar-refractivity contribution in [2.75, 3.05) is 5.75 Å². The fourth-order valence-corrected chi connectivity index (χ4v) is 3.19. The summed E-state index contributed by atoms with van der Waals surface area (Å²) in [6.45, 7) is 4.08. The molecule has 0 spiro atoms. The first kappa shape index (κ1) is 15.6. The molecule has 0 aliphatic heterocycles. The van der Waals surface area contributed by atoms with Crippen molar-refractivity contribution in [2.24, 2.45) is 0 Å². The molecule has 0 saturated heterocycles. The summed E-state index contributed by atoms with van der Waals surface area (Å²) in [7, 11) is 0. The third kappa shape index (κ3) is 3.71. The zero-order valence-corrected chi connectivity index (χ0v) is 14.0. The Morgan fingerprint density at radius 2 is 1.87 bits per heavy atom. The number of aryl methyl sites for hydroxylation is 2. The van der Waals surface area contributed by atoms with Crippen molar-refractivity contribution in [2.45, 2.75) is 19.0 Å². The van der Waals surface area contributed by atoms with E-state index in [1.807, 2.05) is 54.1 Å². The van der Waals surface area contributed by atoms with Gasteiger partial charge < -0.3 is 0 Å². The molecule has 0 atom stereocenters. The monoisotopic (exact) mass is 322 g/mol. The van der Waals surface area contributed by atoms with Crippen molar-refractivity contribution >= 4 is 17.5 Å². The maximum absolute atomic E-state index is 12.3. The number of thioether (sulfide) groups is 1. The van der Waals surface area contributed by atoms with E-state index in [0.29, 0.717) is 5.75 Å². The van der Waals surface area contributed by atoms with Gasteiger partial charge in [0, 0.05) is 23.6 Å². The smallest absolute Gasteiger partial charge is 0.173 e. The minimum Gasteiger partial charge on any atom is -0.295 e. The van der Waals surface area contributed by atoms with Gasteiger partial charge in [0.15, 0.2) is 10.9 Å². The van der Waals surface area contributed by atoms with Crippen LogP contribution in [-0.2, 0) is 0 Å². The van der Waals surface area contributed by atoms with Crippen molar-refractivity contribution in [3.8, 4) is 5.69 Å². The topological polar surface area (TPSA) is 34.9 Å². The Hall–Kier alpha value is -2.33. The summed E-state index contributed by atoms with van der Waals surface area (Å²) in [5.41, 5.74) is 4.16. The van der Waals surface area contributed by atoms with Crippen molar-refractivity contribution in [1.82, 2.24) is 9.55 Å². The number of benzene rings is 2. The second-order valence-electron chi connectivity index (χ2n) is 5.50. The van der Waals surface area contributed by atoms with Gasteiger partial charge in [0.1, 0.15) is 0 Å². The van der Waals surface area contributed by atoms with Crippen LogP contribution in [0.1, 0.15) is 21.5 Å². The number of imidazole rings is 1. The molecule has 0 amide bonds. The summed E-state index contributed by atoms with van der Waals surface area (Å²) < 4.78 is 2.01. The maximum Gasteiger partial charge on any atom is 0.173 e. The minimum absolute atomic E-state index is 0.119. The summed E-state index contributed by atoms with van der Waals surface area (Å²) in [6.07, 6.45) is 3.69. The van der Waals surface area contributed by atoms with Crippen LogP contribution in [0.25, 0.3) is 5.69 Å². The molecule has 0 aliphatic rings. The van der Waals surface area contributed by atoms with Gasteiger partial charge in [-0.2, -0.15) is 0 Å². The normalized spacial score (nSPS) is 10.7. The molecule has 0 saturated carbocycles. The molecule has 0 unspecified atom stereocenters. The van der Waals surface area contributed by atoms with Gasteiger partial charge in [-0.05, 0) is 31.5 Å². The molecule has 3 rings (SSSR count). The summed E-state index contributed by atoms with van der Waals surface area (Å²) in [5.74, 6) is 0.500. The van der Waals surface area contributed by atoms with Crippen molar-refractivity contribution in [1.29, 1.82) is 0 Å². The van der Waals surface area contributed by atoms with Gasteiger partial charge >= 0.3 is 0 Å². The molecule has 1 heterocycles. The highest BCUT2D eigenvalue weighted by Gasteiger charge is 2.10. The number of hydrogen-bond donors (Lipinski definition) is 0. The average molecular weight is 322 g/mol. The number of rotatable bonds is 5. The molecular weight excluding hydrogens is 304 g/mol. The lowest BCUT2D eigenvalue weighted by atomic mass is 10.1. The number of hydrogen-bond acceptors (Lipinski definition) is 3. The van der Waals surface area contributed by atoms with Crippen LogP contribution in [0.3, 0.4) is 0 Å². The summed E-state index contributed by atoms with van der Waals surface area (Å²) in [4.78, 5) is 16.7. The van der Waals surface area contributed by atoms with Gasteiger partial charge in [-0.3, -0.25) is 9.36 Å². The predicted molar refractivity (Wildman–Crippen MR) is 94.5 cm³/mol. The highest BCUT2D eigenvalue weighted by Crippen LogP contribution is 2.22. The van der Waals surface area contributed by atoms with E-state index >= 15 is 0 Å². The number of carbonyl (C=O) groups is 1. The number of carbonyl (C=O) groups excluding carboxylic acids is 1. The average Bonchev–Trinajstić information content (AvgIpc) is 3.02.